The molecule has 1 saturated heterocycles. The predicted molar refractivity (Wildman–Crippen MR) is 65.1 cm³/mol. The minimum absolute atomic E-state index is 0.179. The first kappa shape index (κ1) is 13.5. The van der Waals surface area contributed by atoms with E-state index in [1.54, 1.807) is 0 Å². The third-order valence-corrected chi connectivity index (χ3v) is 3.29. The zero-order valence-electron chi connectivity index (χ0n) is 11.0. The average Bonchev–Trinajstić information content (AvgIpc) is 2.23. The van der Waals surface area contributed by atoms with Crippen LogP contribution in [0, 0.1) is 16.7 Å². The van der Waals surface area contributed by atoms with Crippen molar-refractivity contribution in [1.82, 2.24) is 4.90 Å². The van der Waals surface area contributed by atoms with Crippen molar-refractivity contribution < 1.29 is 4.74 Å². The summed E-state index contributed by atoms with van der Waals surface area (Å²) in [4.78, 5) is 2.47. The second-order valence-electron chi connectivity index (χ2n) is 5.59. The highest BCUT2D eigenvalue weighted by Crippen LogP contribution is 2.21. The molecule has 92 valence electrons. The SMILES string of the molecule is CC1CN(CCCC(C)(C)C#N)C(C)CO1. The van der Waals surface area contributed by atoms with Crippen molar-refractivity contribution >= 4 is 0 Å². The number of nitriles is 1. The molecule has 3 heteroatoms. The monoisotopic (exact) mass is 224 g/mol. The molecule has 2 unspecified atom stereocenters. The molecule has 0 aromatic rings. The molecule has 0 aromatic carbocycles. The lowest BCUT2D eigenvalue weighted by molar-refractivity contribution is -0.0500. The van der Waals surface area contributed by atoms with Gasteiger partial charge in [0.2, 0.25) is 0 Å². The van der Waals surface area contributed by atoms with Crippen molar-refractivity contribution in [2.75, 3.05) is 19.7 Å². The molecule has 0 bridgehead atoms. The molecule has 1 aliphatic rings. The highest BCUT2D eigenvalue weighted by molar-refractivity contribution is 4.91. The Bertz CT molecular complexity index is 257. The summed E-state index contributed by atoms with van der Waals surface area (Å²) < 4.78 is 5.59. The summed E-state index contributed by atoms with van der Waals surface area (Å²) in [6, 6.07) is 2.87. The highest BCUT2D eigenvalue weighted by Gasteiger charge is 2.24. The zero-order valence-corrected chi connectivity index (χ0v) is 11.0. The fourth-order valence-corrected chi connectivity index (χ4v) is 2.06. The first-order valence-corrected chi connectivity index (χ1v) is 6.21. The summed E-state index contributed by atoms with van der Waals surface area (Å²) in [5.74, 6) is 0. The minimum atomic E-state index is -0.179. The molecule has 1 fully saturated rings. The van der Waals surface area contributed by atoms with Gasteiger partial charge in [-0.15, -0.1) is 0 Å². The van der Waals surface area contributed by atoms with Gasteiger partial charge >= 0.3 is 0 Å². The van der Waals surface area contributed by atoms with Gasteiger partial charge in [-0.05, 0) is 47.1 Å². The third-order valence-electron chi connectivity index (χ3n) is 3.29. The quantitative estimate of drug-likeness (QED) is 0.736. The average molecular weight is 224 g/mol. The van der Waals surface area contributed by atoms with Crippen LogP contribution in [0.15, 0.2) is 0 Å². The Morgan fingerprint density at radius 2 is 2.12 bits per heavy atom. The van der Waals surface area contributed by atoms with Crippen LogP contribution in [-0.4, -0.2) is 36.7 Å². The van der Waals surface area contributed by atoms with Crippen LogP contribution >= 0.6 is 0 Å². The van der Waals surface area contributed by atoms with E-state index in [1.807, 2.05) is 13.8 Å². The maximum atomic E-state index is 8.94. The number of hydrogen-bond acceptors (Lipinski definition) is 3. The molecular weight excluding hydrogens is 200 g/mol. The topological polar surface area (TPSA) is 36.3 Å². The number of hydrogen-bond donors (Lipinski definition) is 0. The van der Waals surface area contributed by atoms with E-state index in [9.17, 15) is 0 Å². The van der Waals surface area contributed by atoms with Crippen molar-refractivity contribution in [3.05, 3.63) is 0 Å². The van der Waals surface area contributed by atoms with Gasteiger partial charge in [0, 0.05) is 12.6 Å². The lowest BCUT2D eigenvalue weighted by atomic mass is 9.89. The van der Waals surface area contributed by atoms with Gasteiger partial charge in [0.15, 0.2) is 0 Å². The lowest BCUT2D eigenvalue weighted by Gasteiger charge is -2.37. The molecular formula is C13H24N2O. The Balaban J connectivity index is 2.29. The first-order chi connectivity index (χ1) is 7.44. The summed E-state index contributed by atoms with van der Waals surface area (Å²) in [6.45, 7) is 11.3. The fourth-order valence-electron chi connectivity index (χ4n) is 2.06. The maximum absolute atomic E-state index is 8.94. The van der Waals surface area contributed by atoms with Crippen molar-refractivity contribution in [3.63, 3.8) is 0 Å². The van der Waals surface area contributed by atoms with E-state index in [0.717, 1.165) is 32.5 Å². The standard InChI is InChI=1S/C13H24N2O/c1-11-9-16-12(2)8-15(11)7-5-6-13(3,4)10-14/h11-12H,5-9H2,1-4H3. The van der Waals surface area contributed by atoms with Crippen LogP contribution in [0.3, 0.4) is 0 Å². The van der Waals surface area contributed by atoms with Crippen LogP contribution < -0.4 is 0 Å². The molecule has 0 spiro atoms. The molecule has 1 aliphatic heterocycles. The normalized spacial score (nSPS) is 27.7. The third kappa shape index (κ3) is 4.11. The van der Waals surface area contributed by atoms with Gasteiger partial charge in [-0.2, -0.15) is 5.26 Å². The predicted octanol–water partition coefficient (Wildman–Crippen LogP) is 2.43. The van der Waals surface area contributed by atoms with E-state index in [4.69, 9.17) is 10.00 Å². The Morgan fingerprint density at radius 3 is 2.75 bits per heavy atom. The van der Waals surface area contributed by atoms with Crippen LogP contribution in [0.4, 0.5) is 0 Å². The Kier molecular flexibility index (Phi) is 4.76. The van der Waals surface area contributed by atoms with Crippen LogP contribution in [0.2, 0.25) is 0 Å². The smallest absolute Gasteiger partial charge is 0.0683 e. The first-order valence-electron chi connectivity index (χ1n) is 6.21. The minimum Gasteiger partial charge on any atom is -0.376 e. The van der Waals surface area contributed by atoms with Crippen molar-refractivity contribution in [3.8, 4) is 6.07 Å². The maximum Gasteiger partial charge on any atom is 0.0683 e. The number of nitrogens with zero attached hydrogens (tertiary/aromatic N) is 2. The second kappa shape index (κ2) is 5.65. The number of ether oxygens (including phenoxy) is 1. The zero-order chi connectivity index (χ0) is 12.2. The van der Waals surface area contributed by atoms with E-state index in [1.165, 1.54) is 0 Å². The molecule has 0 radical (unpaired) electrons. The van der Waals surface area contributed by atoms with Crippen molar-refractivity contribution in [1.29, 1.82) is 5.26 Å². The molecule has 0 saturated carbocycles. The van der Waals surface area contributed by atoms with Gasteiger partial charge in [0.1, 0.15) is 0 Å². The van der Waals surface area contributed by atoms with Crippen molar-refractivity contribution in [2.45, 2.75) is 52.7 Å². The van der Waals surface area contributed by atoms with Crippen LogP contribution in [0.1, 0.15) is 40.5 Å². The molecule has 1 heterocycles. The Morgan fingerprint density at radius 1 is 1.44 bits per heavy atom. The Hall–Kier alpha value is -0.590. The van der Waals surface area contributed by atoms with Gasteiger partial charge < -0.3 is 4.74 Å². The molecule has 0 aliphatic carbocycles. The number of rotatable bonds is 4. The van der Waals surface area contributed by atoms with E-state index < -0.39 is 0 Å². The van der Waals surface area contributed by atoms with Crippen LogP contribution in [0.5, 0.6) is 0 Å². The van der Waals surface area contributed by atoms with Crippen LogP contribution in [0.25, 0.3) is 0 Å². The van der Waals surface area contributed by atoms with E-state index >= 15 is 0 Å². The van der Waals surface area contributed by atoms with E-state index in [2.05, 4.69) is 24.8 Å². The van der Waals surface area contributed by atoms with Gasteiger partial charge in [-0.3, -0.25) is 4.90 Å². The van der Waals surface area contributed by atoms with E-state index in [0.29, 0.717) is 12.1 Å². The van der Waals surface area contributed by atoms with Gasteiger partial charge in [-0.1, -0.05) is 0 Å². The molecule has 0 aromatic heterocycles. The lowest BCUT2D eigenvalue weighted by Crippen LogP contribution is -2.47. The summed E-state index contributed by atoms with van der Waals surface area (Å²) in [5.41, 5.74) is -0.179. The number of morpholine rings is 1. The summed E-state index contributed by atoms with van der Waals surface area (Å²) >= 11 is 0. The van der Waals surface area contributed by atoms with E-state index in [-0.39, 0.29) is 5.41 Å². The molecule has 16 heavy (non-hydrogen) atoms. The molecule has 3 nitrogen and oxygen atoms in total. The van der Waals surface area contributed by atoms with Gasteiger partial charge in [0.25, 0.3) is 0 Å². The molecule has 1 rings (SSSR count). The van der Waals surface area contributed by atoms with Crippen LogP contribution in [-0.2, 0) is 4.74 Å². The highest BCUT2D eigenvalue weighted by atomic mass is 16.5. The Labute approximate surface area is 99.4 Å². The summed E-state index contributed by atoms with van der Waals surface area (Å²) in [7, 11) is 0. The largest absolute Gasteiger partial charge is 0.376 e. The van der Waals surface area contributed by atoms with Gasteiger partial charge in [-0.25, -0.2) is 0 Å². The summed E-state index contributed by atoms with van der Waals surface area (Å²) in [6.07, 6.45) is 2.42. The van der Waals surface area contributed by atoms with Gasteiger partial charge in [0.05, 0.1) is 24.2 Å². The second-order valence-corrected chi connectivity index (χ2v) is 5.59. The fraction of sp³-hybridized carbons (Fsp3) is 0.923. The molecule has 0 N–H and O–H groups in total. The van der Waals surface area contributed by atoms with Crippen molar-refractivity contribution in [2.24, 2.45) is 5.41 Å². The molecule has 2 atom stereocenters. The molecule has 0 amide bonds. The summed E-state index contributed by atoms with van der Waals surface area (Å²) in [5, 5.41) is 8.94.